The lowest BCUT2D eigenvalue weighted by Crippen LogP contribution is -2.09. The molecule has 3 aromatic carbocycles. The highest BCUT2D eigenvalue weighted by Crippen LogP contribution is 2.21. The fraction of sp³-hybridized carbons (Fsp3) is 0.125. The number of aryl methyl sites for hydroxylation is 2. The molecule has 3 aromatic rings. The topological polar surface area (TPSA) is 46.5 Å². The smallest absolute Gasteiger partial charge is 0.343 e. The summed E-state index contributed by atoms with van der Waals surface area (Å²) in [5.41, 5.74) is 4.32. The molecule has 0 aromatic heterocycles. The van der Waals surface area contributed by atoms with Crippen molar-refractivity contribution < 1.29 is 14.6 Å². The summed E-state index contributed by atoms with van der Waals surface area (Å²) in [5, 5.41) is 9.30. The van der Waals surface area contributed by atoms with E-state index in [2.05, 4.69) is 30.9 Å². The second kappa shape index (κ2) is 8.25. The molecule has 0 fully saturated rings. The molecular formula is C24H20O3. The molecule has 0 saturated heterocycles. The van der Waals surface area contributed by atoms with Crippen molar-refractivity contribution >= 4 is 5.97 Å². The first kappa shape index (κ1) is 18.3. The van der Waals surface area contributed by atoms with Crippen LogP contribution >= 0.6 is 0 Å². The van der Waals surface area contributed by atoms with Crippen molar-refractivity contribution in [2.45, 2.75) is 20.3 Å². The molecule has 3 heteroatoms. The van der Waals surface area contributed by atoms with Gasteiger partial charge < -0.3 is 9.84 Å². The van der Waals surface area contributed by atoms with Crippen LogP contribution in [-0.2, 0) is 6.42 Å². The number of phenolic OH excluding ortho intramolecular Hbond substituents is 1. The van der Waals surface area contributed by atoms with Crippen molar-refractivity contribution in [3.8, 4) is 23.3 Å². The summed E-state index contributed by atoms with van der Waals surface area (Å²) in [6.45, 7) is 4.00. The molecule has 0 spiro atoms. The highest BCUT2D eigenvalue weighted by Gasteiger charge is 2.10. The van der Waals surface area contributed by atoms with Crippen molar-refractivity contribution in [3.05, 3.63) is 94.5 Å². The summed E-state index contributed by atoms with van der Waals surface area (Å²) >= 11 is 0. The summed E-state index contributed by atoms with van der Waals surface area (Å²) < 4.78 is 5.45. The maximum Gasteiger partial charge on any atom is 0.343 e. The van der Waals surface area contributed by atoms with Crippen LogP contribution in [0.2, 0.25) is 0 Å². The third-order valence-electron chi connectivity index (χ3n) is 4.19. The minimum atomic E-state index is -0.465. The van der Waals surface area contributed by atoms with Crippen LogP contribution in [0.25, 0.3) is 0 Å². The lowest BCUT2D eigenvalue weighted by atomic mass is 10.1. The molecule has 0 amide bonds. The van der Waals surface area contributed by atoms with Gasteiger partial charge in [-0.15, -0.1) is 0 Å². The van der Waals surface area contributed by atoms with Gasteiger partial charge in [0.25, 0.3) is 0 Å². The summed E-state index contributed by atoms with van der Waals surface area (Å²) in [5.74, 6) is 6.42. The van der Waals surface area contributed by atoms with Crippen LogP contribution in [0.5, 0.6) is 11.5 Å². The largest absolute Gasteiger partial charge is 0.508 e. The first-order valence-corrected chi connectivity index (χ1v) is 8.78. The number of carbonyl (C=O) groups is 1. The maximum absolute atomic E-state index is 12.2. The van der Waals surface area contributed by atoms with Gasteiger partial charge in [-0.3, -0.25) is 0 Å². The molecule has 0 unspecified atom stereocenters. The lowest BCUT2D eigenvalue weighted by molar-refractivity contribution is 0.0733. The van der Waals surface area contributed by atoms with Gasteiger partial charge in [0.2, 0.25) is 0 Å². The van der Waals surface area contributed by atoms with Crippen molar-refractivity contribution in [2.75, 3.05) is 0 Å². The fourth-order valence-corrected chi connectivity index (χ4v) is 2.57. The molecule has 134 valence electrons. The number of rotatable bonds is 3. The Morgan fingerprint density at radius 2 is 1.56 bits per heavy atom. The Labute approximate surface area is 159 Å². The van der Waals surface area contributed by atoms with E-state index >= 15 is 0 Å². The van der Waals surface area contributed by atoms with Crippen LogP contribution in [0.3, 0.4) is 0 Å². The van der Waals surface area contributed by atoms with Gasteiger partial charge in [-0.05, 0) is 79.1 Å². The summed E-state index contributed by atoms with van der Waals surface area (Å²) in [6.07, 6.45) is 1.01. The number of esters is 1. The predicted molar refractivity (Wildman–Crippen MR) is 106 cm³/mol. The monoisotopic (exact) mass is 356 g/mol. The minimum absolute atomic E-state index is 0.106. The van der Waals surface area contributed by atoms with E-state index in [4.69, 9.17) is 4.74 Å². The van der Waals surface area contributed by atoms with Gasteiger partial charge in [0.1, 0.15) is 11.5 Å². The second-order valence-electron chi connectivity index (χ2n) is 6.22. The Kier molecular flexibility index (Phi) is 5.58. The Morgan fingerprint density at radius 3 is 2.19 bits per heavy atom. The van der Waals surface area contributed by atoms with Gasteiger partial charge in [0, 0.05) is 11.1 Å². The van der Waals surface area contributed by atoms with Crippen LogP contribution in [0, 0.1) is 18.8 Å². The molecule has 0 saturated carbocycles. The molecule has 0 bridgehead atoms. The maximum atomic E-state index is 12.2. The van der Waals surface area contributed by atoms with Crippen molar-refractivity contribution in [3.63, 3.8) is 0 Å². The van der Waals surface area contributed by atoms with E-state index < -0.39 is 5.97 Å². The predicted octanol–water partition coefficient (Wildman–Crippen LogP) is 4.88. The van der Waals surface area contributed by atoms with Crippen molar-refractivity contribution in [1.82, 2.24) is 0 Å². The molecule has 3 rings (SSSR count). The van der Waals surface area contributed by atoms with Gasteiger partial charge >= 0.3 is 5.97 Å². The van der Waals surface area contributed by atoms with Crippen LogP contribution < -0.4 is 4.74 Å². The van der Waals surface area contributed by atoms with Crippen molar-refractivity contribution in [1.29, 1.82) is 0 Å². The van der Waals surface area contributed by atoms with Crippen molar-refractivity contribution in [2.24, 2.45) is 0 Å². The number of hydrogen-bond acceptors (Lipinski definition) is 3. The van der Waals surface area contributed by atoms with E-state index in [9.17, 15) is 9.90 Å². The average molecular weight is 356 g/mol. The Balaban J connectivity index is 1.72. The van der Waals surface area contributed by atoms with Crippen LogP contribution in [0.1, 0.15) is 39.5 Å². The van der Waals surface area contributed by atoms with Gasteiger partial charge in [0.15, 0.2) is 0 Å². The quantitative estimate of drug-likeness (QED) is 0.413. The number of benzene rings is 3. The number of aromatic hydroxyl groups is 1. The molecule has 0 aliphatic carbocycles. The van der Waals surface area contributed by atoms with Gasteiger partial charge in [-0.25, -0.2) is 4.79 Å². The second-order valence-corrected chi connectivity index (χ2v) is 6.22. The number of ether oxygens (including phenoxy) is 1. The standard InChI is InChI=1S/C24H20O3/c1-3-18-4-6-19(7-5-18)8-9-20-10-15-23(17(2)16-20)27-24(26)21-11-13-22(25)14-12-21/h4-7,10-16,25H,3H2,1-2H3. The highest BCUT2D eigenvalue weighted by atomic mass is 16.5. The molecule has 0 radical (unpaired) electrons. The minimum Gasteiger partial charge on any atom is -0.508 e. The Bertz CT molecular complexity index is 1000. The van der Waals surface area contributed by atoms with E-state index in [0.717, 1.165) is 23.1 Å². The van der Waals surface area contributed by atoms with E-state index in [0.29, 0.717) is 11.3 Å². The molecule has 1 N–H and O–H groups in total. The first-order chi connectivity index (χ1) is 13.0. The Hall–Kier alpha value is -3.51. The zero-order chi connectivity index (χ0) is 19.2. The van der Waals surface area contributed by atoms with Gasteiger partial charge in [-0.1, -0.05) is 30.9 Å². The van der Waals surface area contributed by atoms with Crippen LogP contribution in [0.15, 0.2) is 66.7 Å². The Morgan fingerprint density at radius 1 is 0.926 bits per heavy atom. The number of phenols is 1. The SMILES string of the molecule is CCc1ccc(C#Cc2ccc(OC(=O)c3ccc(O)cc3)c(C)c2)cc1. The first-order valence-electron chi connectivity index (χ1n) is 8.78. The average Bonchev–Trinajstić information content (AvgIpc) is 2.69. The normalized spacial score (nSPS) is 10.0. The zero-order valence-electron chi connectivity index (χ0n) is 15.3. The van der Waals surface area contributed by atoms with E-state index in [-0.39, 0.29) is 5.75 Å². The van der Waals surface area contributed by atoms with Crippen LogP contribution in [0.4, 0.5) is 0 Å². The molecule has 0 atom stereocenters. The fourth-order valence-electron chi connectivity index (χ4n) is 2.57. The summed E-state index contributed by atoms with van der Waals surface area (Å²) in [7, 11) is 0. The molecule has 0 aliphatic rings. The van der Waals surface area contributed by atoms with E-state index in [1.165, 1.54) is 29.8 Å². The molecular weight excluding hydrogens is 336 g/mol. The van der Waals surface area contributed by atoms with Gasteiger partial charge in [-0.2, -0.15) is 0 Å². The zero-order valence-corrected chi connectivity index (χ0v) is 15.3. The third-order valence-corrected chi connectivity index (χ3v) is 4.19. The third kappa shape index (κ3) is 4.77. The highest BCUT2D eigenvalue weighted by molar-refractivity contribution is 5.91. The number of carbonyl (C=O) groups excluding carboxylic acids is 1. The van der Waals surface area contributed by atoms with E-state index in [1.54, 1.807) is 6.07 Å². The molecule has 0 aliphatic heterocycles. The molecule has 3 nitrogen and oxygen atoms in total. The molecule has 0 heterocycles. The molecule has 27 heavy (non-hydrogen) atoms. The summed E-state index contributed by atoms with van der Waals surface area (Å²) in [4.78, 5) is 12.2. The summed E-state index contributed by atoms with van der Waals surface area (Å²) in [6, 6.07) is 19.6. The van der Waals surface area contributed by atoms with Gasteiger partial charge in [0.05, 0.1) is 5.56 Å². The lowest BCUT2D eigenvalue weighted by Gasteiger charge is -2.08. The van der Waals surface area contributed by atoms with Crippen LogP contribution in [-0.4, -0.2) is 11.1 Å². The number of hydrogen-bond donors (Lipinski definition) is 1. The van der Waals surface area contributed by atoms with E-state index in [1.807, 2.05) is 31.2 Å².